The van der Waals surface area contributed by atoms with Gasteiger partial charge in [0.25, 0.3) is 0 Å². The number of carbonyl (C=O) groups excluding carboxylic acids is 6. The van der Waals surface area contributed by atoms with Gasteiger partial charge in [0, 0.05) is 41.3 Å². The smallest absolute Gasteiger partial charge is 0.328 e. The van der Waals surface area contributed by atoms with Crippen molar-refractivity contribution in [1.29, 1.82) is 0 Å². The third-order valence-electron chi connectivity index (χ3n) is 11.6. The molecule has 1 aromatic carbocycles. The van der Waals surface area contributed by atoms with Crippen molar-refractivity contribution >= 4 is 35.5 Å². The molecule has 0 aromatic heterocycles. The number of methoxy groups -OCH3 is 3. The molecule has 4 N–H and O–H groups in total. The Balaban J connectivity index is 2.31. The third-order valence-corrected chi connectivity index (χ3v) is 11.6. The first-order valence-electron chi connectivity index (χ1n) is 20.6. The van der Waals surface area contributed by atoms with Gasteiger partial charge in [0.2, 0.25) is 29.5 Å². The van der Waals surface area contributed by atoms with Crippen LogP contribution in [0, 0.1) is 23.7 Å². The van der Waals surface area contributed by atoms with E-state index in [1.54, 1.807) is 30.7 Å². The third kappa shape index (κ3) is 13.0. The van der Waals surface area contributed by atoms with Crippen molar-refractivity contribution in [3.05, 3.63) is 35.9 Å². The van der Waals surface area contributed by atoms with Gasteiger partial charge >= 0.3 is 5.97 Å². The standard InChI is InChI=1S/C43H72N6O9/c1-14-27(6)37(48(10)42(54)35(25(2)3)46-40(52)36(26(4)5)47(9)41(53)29(8)44)33(56-11)24-34(50)49-22-18-21-32(49)38(57-12)28(7)39(51)45-31(43(55)58-13)23-30-19-16-15-17-20-30/h15-17,19-20,25-29,31-33,35-38H,14,18,21-24,44H2,1-13H3,(H,45,51)(H,46,52)/t27-,28+,29-,31-,32-,33+,35-,36?,37-,38+/m0/s1. The van der Waals surface area contributed by atoms with Crippen LogP contribution in [-0.2, 0) is 49.4 Å². The average Bonchev–Trinajstić information content (AvgIpc) is 3.68. The topological polar surface area (TPSA) is 190 Å². The number of ether oxygens (including phenoxy) is 3. The van der Waals surface area contributed by atoms with Crippen LogP contribution in [0.2, 0.25) is 0 Å². The molecule has 0 saturated carbocycles. The van der Waals surface area contributed by atoms with Crippen molar-refractivity contribution in [3.63, 3.8) is 0 Å². The van der Waals surface area contributed by atoms with E-state index in [0.29, 0.717) is 25.8 Å². The van der Waals surface area contributed by atoms with E-state index in [2.05, 4.69) is 10.6 Å². The summed E-state index contributed by atoms with van der Waals surface area (Å²) in [6.07, 6.45) is 0.804. The number of rotatable bonds is 22. The second kappa shape index (κ2) is 23.5. The number of nitrogens with two attached hydrogens (primary N) is 1. The van der Waals surface area contributed by atoms with Gasteiger partial charge < -0.3 is 45.3 Å². The molecule has 1 aliphatic heterocycles. The number of hydrogen-bond acceptors (Lipinski definition) is 10. The predicted octanol–water partition coefficient (Wildman–Crippen LogP) is 2.78. The minimum Gasteiger partial charge on any atom is -0.467 e. The highest BCUT2D eigenvalue weighted by molar-refractivity contribution is 5.93. The molecule has 0 spiro atoms. The van der Waals surface area contributed by atoms with Crippen molar-refractivity contribution in [2.75, 3.05) is 42.0 Å². The number of nitrogens with zero attached hydrogens (tertiary/aromatic N) is 3. The molecule has 1 fully saturated rings. The summed E-state index contributed by atoms with van der Waals surface area (Å²) in [6, 6.07) is 4.87. The van der Waals surface area contributed by atoms with Crippen LogP contribution in [0.25, 0.3) is 0 Å². The zero-order valence-corrected chi connectivity index (χ0v) is 37.2. The Bertz CT molecular complexity index is 1510. The lowest BCUT2D eigenvalue weighted by atomic mass is 9.89. The summed E-state index contributed by atoms with van der Waals surface area (Å²) < 4.78 is 16.9. The van der Waals surface area contributed by atoms with Crippen molar-refractivity contribution in [1.82, 2.24) is 25.3 Å². The Morgan fingerprint density at radius 2 is 1.47 bits per heavy atom. The van der Waals surface area contributed by atoms with Crippen LogP contribution in [0.15, 0.2) is 30.3 Å². The van der Waals surface area contributed by atoms with Crippen molar-refractivity contribution in [3.8, 4) is 0 Å². The Morgan fingerprint density at radius 1 is 0.845 bits per heavy atom. The van der Waals surface area contributed by atoms with E-state index in [9.17, 15) is 28.8 Å². The molecule has 10 atom stereocenters. The van der Waals surface area contributed by atoms with Gasteiger partial charge in [-0.05, 0) is 43.1 Å². The summed E-state index contributed by atoms with van der Waals surface area (Å²) in [5.41, 5.74) is 6.71. The van der Waals surface area contributed by atoms with Crippen LogP contribution >= 0.6 is 0 Å². The van der Waals surface area contributed by atoms with Gasteiger partial charge in [-0.15, -0.1) is 0 Å². The maximum Gasteiger partial charge on any atom is 0.328 e. The molecular weight excluding hydrogens is 745 g/mol. The molecule has 15 heteroatoms. The number of benzene rings is 1. The Morgan fingerprint density at radius 3 is 1.97 bits per heavy atom. The first kappa shape index (κ1) is 50.1. The van der Waals surface area contributed by atoms with Crippen molar-refractivity contribution in [2.45, 2.75) is 136 Å². The first-order valence-corrected chi connectivity index (χ1v) is 20.6. The van der Waals surface area contributed by atoms with Crippen LogP contribution in [0.4, 0.5) is 0 Å². The van der Waals surface area contributed by atoms with Crippen LogP contribution in [0.3, 0.4) is 0 Å². The molecule has 1 aromatic rings. The second-order valence-corrected chi connectivity index (χ2v) is 16.5. The van der Waals surface area contributed by atoms with Gasteiger partial charge in [-0.3, -0.25) is 24.0 Å². The summed E-state index contributed by atoms with van der Waals surface area (Å²) in [4.78, 5) is 86.2. The zero-order valence-electron chi connectivity index (χ0n) is 37.2. The van der Waals surface area contributed by atoms with Gasteiger partial charge in [0.05, 0.1) is 49.8 Å². The maximum absolute atomic E-state index is 14.4. The Kier molecular flexibility index (Phi) is 20.3. The normalized spacial score (nSPS) is 18.9. The largest absolute Gasteiger partial charge is 0.467 e. The fourth-order valence-electron chi connectivity index (χ4n) is 8.15. The number of hydrogen-bond donors (Lipinski definition) is 3. The average molecular weight is 817 g/mol. The predicted molar refractivity (Wildman–Crippen MR) is 222 cm³/mol. The molecule has 1 saturated heterocycles. The Labute approximate surface area is 346 Å². The minimum atomic E-state index is -0.929. The molecule has 328 valence electrons. The lowest BCUT2D eigenvalue weighted by Crippen LogP contribution is -2.61. The van der Waals surface area contributed by atoms with E-state index in [4.69, 9.17) is 19.9 Å². The first-order chi connectivity index (χ1) is 27.3. The van der Waals surface area contributed by atoms with Gasteiger partial charge in [-0.2, -0.15) is 0 Å². The molecule has 2 rings (SSSR count). The van der Waals surface area contributed by atoms with E-state index < -0.39 is 72.2 Å². The molecule has 1 aliphatic rings. The molecule has 15 nitrogen and oxygen atoms in total. The lowest BCUT2D eigenvalue weighted by molar-refractivity contribution is -0.149. The molecule has 0 radical (unpaired) electrons. The molecule has 0 aliphatic carbocycles. The highest BCUT2D eigenvalue weighted by Crippen LogP contribution is 2.30. The zero-order chi connectivity index (χ0) is 44.0. The second-order valence-electron chi connectivity index (χ2n) is 16.5. The summed E-state index contributed by atoms with van der Waals surface area (Å²) >= 11 is 0. The summed E-state index contributed by atoms with van der Waals surface area (Å²) in [6.45, 7) is 15.1. The van der Waals surface area contributed by atoms with E-state index >= 15 is 0 Å². The van der Waals surface area contributed by atoms with E-state index in [0.717, 1.165) is 5.56 Å². The van der Waals surface area contributed by atoms with Crippen LogP contribution < -0.4 is 16.4 Å². The summed E-state index contributed by atoms with van der Waals surface area (Å²) in [5, 5.41) is 5.78. The van der Waals surface area contributed by atoms with Gasteiger partial charge in [0.15, 0.2) is 0 Å². The molecule has 58 heavy (non-hydrogen) atoms. The number of likely N-dealkylation sites (N-methyl/N-ethyl adjacent to an activating group) is 2. The number of carbonyl (C=O) groups is 6. The number of esters is 1. The number of nitrogens with one attached hydrogen (secondary N) is 2. The Hall–Kier alpha value is -4.08. The fraction of sp³-hybridized carbons (Fsp3) is 0.721. The molecular formula is C43H72N6O9. The molecule has 1 heterocycles. The highest BCUT2D eigenvalue weighted by atomic mass is 16.5. The quantitative estimate of drug-likeness (QED) is 0.147. The van der Waals surface area contributed by atoms with Gasteiger partial charge in [-0.25, -0.2) is 4.79 Å². The van der Waals surface area contributed by atoms with Crippen LogP contribution in [-0.4, -0.2) is 141 Å². The summed E-state index contributed by atoms with van der Waals surface area (Å²) in [7, 11) is 7.51. The molecule has 0 bridgehead atoms. The molecule has 5 amide bonds. The fourth-order valence-corrected chi connectivity index (χ4v) is 8.15. The van der Waals surface area contributed by atoms with Gasteiger partial charge in [-0.1, -0.05) is 85.2 Å². The lowest BCUT2D eigenvalue weighted by Gasteiger charge is -2.41. The van der Waals surface area contributed by atoms with Crippen LogP contribution in [0.1, 0.15) is 86.6 Å². The number of likely N-dealkylation sites (tertiary alicyclic amines) is 1. The highest BCUT2D eigenvalue weighted by Gasteiger charge is 2.44. The van der Waals surface area contributed by atoms with Crippen molar-refractivity contribution < 1.29 is 43.0 Å². The minimum absolute atomic E-state index is 0.0452. The summed E-state index contributed by atoms with van der Waals surface area (Å²) in [5.74, 6) is -3.75. The van der Waals surface area contributed by atoms with Gasteiger partial charge in [0.1, 0.15) is 18.1 Å². The SMILES string of the molecule is CC[C@H](C)[C@@H]([C@@H](CC(=O)N1CCC[C@H]1[C@H](OC)[C@@H](C)C(=O)N[C@@H](Cc1ccccc1)C(=O)OC)OC)N(C)C(=O)[C@@H](NC(=O)C(C(C)C)N(C)C(=O)[C@H](C)N)C(C)C. The molecule has 1 unspecified atom stereocenters. The van der Waals surface area contributed by atoms with E-state index in [1.807, 2.05) is 71.9 Å². The van der Waals surface area contributed by atoms with E-state index in [-0.39, 0.29) is 48.3 Å². The van der Waals surface area contributed by atoms with Crippen molar-refractivity contribution in [2.24, 2.45) is 29.4 Å². The monoisotopic (exact) mass is 817 g/mol. The van der Waals surface area contributed by atoms with E-state index in [1.165, 1.54) is 33.3 Å². The number of amides is 5. The maximum atomic E-state index is 14.4. The van der Waals surface area contributed by atoms with Crippen LogP contribution in [0.5, 0.6) is 0 Å².